The van der Waals surface area contributed by atoms with Crippen molar-refractivity contribution >= 4 is 23.0 Å². The van der Waals surface area contributed by atoms with Crippen LogP contribution in [-0.2, 0) is 6.54 Å². The van der Waals surface area contributed by atoms with Crippen LogP contribution < -0.4 is 15.5 Å². The summed E-state index contributed by atoms with van der Waals surface area (Å²) in [5, 5.41) is 7.87. The third kappa shape index (κ3) is 6.72. The molecular weight excluding hydrogens is 380 g/mol. The topological polar surface area (TPSA) is 55.8 Å². The number of aryl methyl sites for hydroxylation is 2. The summed E-state index contributed by atoms with van der Waals surface area (Å²) < 4.78 is 0. The van der Waals surface area contributed by atoms with E-state index in [1.54, 1.807) is 11.3 Å². The fourth-order valence-electron chi connectivity index (χ4n) is 3.47. The zero-order valence-electron chi connectivity index (χ0n) is 17.9. The molecule has 0 saturated carbocycles. The van der Waals surface area contributed by atoms with Crippen molar-refractivity contribution in [2.24, 2.45) is 4.99 Å². The van der Waals surface area contributed by atoms with Gasteiger partial charge in [-0.1, -0.05) is 18.2 Å². The number of hydrogen-bond donors (Lipinski definition) is 2. The minimum absolute atomic E-state index is 0.635. The summed E-state index contributed by atoms with van der Waals surface area (Å²) in [6.07, 6.45) is 1.12. The molecule has 0 unspecified atom stereocenters. The van der Waals surface area contributed by atoms with Gasteiger partial charge in [-0.15, -0.1) is 11.3 Å². The smallest absolute Gasteiger partial charge is 0.191 e. The quantitative estimate of drug-likeness (QED) is 0.395. The van der Waals surface area contributed by atoms with E-state index in [1.807, 2.05) is 0 Å². The predicted molar refractivity (Wildman–Crippen MR) is 124 cm³/mol. The number of aliphatic imine (C=N–C) groups is 1. The Morgan fingerprint density at radius 2 is 1.86 bits per heavy atom. The Kier molecular flexibility index (Phi) is 8.31. The number of piperazine rings is 1. The summed E-state index contributed by atoms with van der Waals surface area (Å²) >= 11 is 1.74. The van der Waals surface area contributed by atoms with E-state index in [-0.39, 0.29) is 0 Å². The Morgan fingerprint density at radius 3 is 2.52 bits per heavy atom. The van der Waals surface area contributed by atoms with Crippen LogP contribution in [0.15, 0.2) is 35.3 Å². The van der Waals surface area contributed by atoms with Crippen LogP contribution in [0.5, 0.6) is 0 Å². The number of guanidine groups is 1. The molecule has 1 fully saturated rings. The van der Waals surface area contributed by atoms with E-state index in [0.29, 0.717) is 6.54 Å². The van der Waals surface area contributed by atoms with E-state index in [4.69, 9.17) is 0 Å². The highest BCUT2D eigenvalue weighted by Gasteiger charge is 2.16. The number of thiazole rings is 1. The fraction of sp³-hybridized carbons (Fsp3) is 0.545. The Balaban J connectivity index is 1.36. The van der Waals surface area contributed by atoms with Crippen LogP contribution in [-0.4, -0.2) is 61.7 Å². The molecule has 1 aliphatic heterocycles. The van der Waals surface area contributed by atoms with E-state index >= 15 is 0 Å². The van der Waals surface area contributed by atoms with Crippen LogP contribution in [0.1, 0.15) is 28.9 Å². The molecule has 1 aromatic heterocycles. The van der Waals surface area contributed by atoms with E-state index in [0.717, 1.165) is 68.9 Å². The van der Waals surface area contributed by atoms with Crippen LogP contribution in [0.25, 0.3) is 0 Å². The molecule has 6 nitrogen and oxygen atoms in total. The van der Waals surface area contributed by atoms with Gasteiger partial charge in [0.15, 0.2) is 5.96 Å². The second kappa shape index (κ2) is 11.2. The third-order valence-electron chi connectivity index (χ3n) is 5.23. The summed E-state index contributed by atoms with van der Waals surface area (Å²) in [5.41, 5.74) is 2.46. The highest BCUT2D eigenvalue weighted by atomic mass is 32.1. The number of anilines is 1. The van der Waals surface area contributed by atoms with Crippen LogP contribution in [0.2, 0.25) is 0 Å². The lowest BCUT2D eigenvalue weighted by Gasteiger charge is -2.36. The predicted octanol–water partition coefficient (Wildman–Crippen LogP) is 3.03. The molecule has 0 bridgehead atoms. The fourth-order valence-corrected chi connectivity index (χ4v) is 4.33. The Labute approximate surface area is 179 Å². The molecule has 0 amide bonds. The van der Waals surface area contributed by atoms with Gasteiger partial charge in [0, 0.05) is 49.8 Å². The van der Waals surface area contributed by atoms with Crippen molar-refractivity contribution in [3.8, 4) is 0 Å². The molecule has 0 atom stereocenters. The maximum Gasteiger partial charge on any atom is 0.191 e. The van der Waals surface area contributed by atoms with Crippen molar-refractivity contribution in [3.05, 3.63) is 45.9 Å². The van der Waals surface area contributed by atoms with Crippen molar-refractivity contribution in [1.29, 1.82) is 0 Å². The number of para-hydroxylation sites is 1. The molecule has 1 aliphatic rings. The highest BCUT2D eigenvalue weighted by Crippen LogP contribution is 2.17. The molecule has 0 aliphatic carbocycles. The highest BCUT2D eigenvalue weighted by molar-refractivity contribution is 7.11. The summed E-state index contributed by atoms with van der Waals surface area (Å²) in [4.78, 5) is 15.6. The molecule has 2 heterocycles. The number of hydrogen-bond acceptors (Lipinski definition) is 5. The van der Waals surface area contributed by atoms with Gasteiger partial charge >= 0.3 is 0 Å². The van der Waals surface area contributed by atoms with E-state index < -0.39 is 0 Å². The Bertz CT molecular complexity index is 745. The maximum atomic E-state index is 4.69. The molecule has 2 N–H and O–H groups in total. The van der Waals surface area contributed by atoms with Crippen molar-refractivity contribution in [1.82, 2.24) is 20.5 Å². The molecule has 0 spiro atoms. The second-order valence-corrected chi connectivity index (χ2v) is 8.68. The largest absolute Gasteiger partial charge is 0.369 e. The van der Waals surface area contributed by atoms with Gasteiger partial charge in [0.1, 0.15) is 5.01 Å². The molecule has 29 heavy (non-hydrogen) atoms. The lowest BCUT2D eigenvalue weighted by atomic mass is 10.2. The zero-order valence-corrected chi connectivity index (χ0v) is 18.8. The molecule has 1 aromatic carbocycles. The van der Waals surface area contributed by atoms with E-state index in [9.17, 15) is 0 Å². The summed E-state index contributed by atoms with van der Waals surface area (Å²) in [7, 11) is 0. The maximum absolute atomic E-state index is 4.69. The first-order valence-electron chi connectivity index (χ1n) is 10.6. The number of rotatable bonds is 8. The normalized spacial score (nSPS) is 15.6. The van der Waals surface area contributed by atoms with Crippen molar-refractivity contribution in [2.45, 2.75) is 33.7 Å². The first kappa shape index (κ1) is 21.6. The van der Waals surface area contributed by atoms with Crippen molar-refractivity contribution in [2.75, 3.05) is 50.7 Å². The standard InChI is InChI=1S/C22H34N6S/c1-4-23-22(25-17-21-26-18(2)19(3)29-21)24-11-8-12-27-13-15-28(16-14-27)20-9-6-5-7-10-20/h5-7,9-10H,4,8,11-17H2,1-3H3,(H2,23,24,25). The van der Waals surface area contributed by atoms with Gasteiger partial charge in [-0.3, -0.25) is 4.90 Å². The number of benzene rings is 1. The molecule has 1 saturated heterocycles. The Hall–Kier alpha value is -2.12. The van der Waals surface area contributed by atoms with E-state index in [2.05, 4.69) is 81.5 Å². The lowest BCUT2D eigenvalue weighted by molar-refractivity contribution is 0.255. The minimum Gasteiger partial charge on any atom is -0.369 e. The molecule has 0 radical (unpaired) electrons. The van der Waals surface area contributed by atoms with Crippen LogP contribution in [0, 0.1) is 13.8 Å². The van der Waals surface area contributed by atoms with Crippen molar-refractivity contribution in [3.63, 3.8) is 0 Å². The number of nitrogens with one attached hydrogen (secondary N) is 2. The van der Waals surface area contributed by atoms with E-state index in [1.165, 1.54) is 10.6 Å². The number of nitrogens with zero attached hydrogens (tertiary/aromatic N) is 4. The van der Waals surface area contributed by atoms with Gasteiger partial charge in [0.05, 0.1) is 12.2 Å². The number of aromatic nitrogens is 1. The monoisotopic (exact) mass is 414 g/mol. The second-order valence-electron chi connectivity index (χ2n) is 7.39. The van der Waals surface area contributed by atoms with Gasteiger partial charge in [-0.25, -0.2) is 9.98 Å². The van der Waals surface area contributed by atoms with Gasteiger partial charge in [-0.05, 0) is 45.9 Å². The first-order chi connectivity index (χ1) is 14.2. The SMILES string of the molecule is CCNC(=NCc1nc(C)c(C)s1)NCCCN1CCN(c2ccccc2)CC1. The summed E-state index contributed by atoms with van der Waals surface area (Å²) in [5.74, 6) is 0.881. The molecular formula is C22H34N6S. The molecule has 158 valence electrons. The molecule has 3 rings (SSSR count). The lowest BCUT2D eigenvalue weighted by Crippen LogP contribution is -2.47. The van der Waals surface area contributed by atoms with Gasteiger partial charge in [-0.2, -0.15) is 0 Å². The van der Waals surface area contributed by atoms with Crippen molar-refractivity contribution < 1.29 is 0 Å². The van der Waals surface area contributed by atoms with Crippen LogP contribution in [0.4, 0.5) is 5.69 Å². The summed E-state index contributed by atoms with van der Waals surface area (Å²) in [6, 6.07) is 10.7. The van der Waals surface area contributed by atoms with Crippen LogP contribution >= 0.6 is 11.3 Å². The summed E-state index contributed by atoms with van der Waals surface area (Å²) in [6.45, 7) is 14.3. The van der Waals surface area contributed by atoms with Gasteiger partial charge in [0.2, 0.25) is 0 Å². The third-order valence-corrected chi connectivity index (χ3v) is 6.28. The van der Waals surface area contributed by atoms with Gasteiger partial charge < -0.3 is 15.5 Å². The first-order valence-corrected chi connectivity index (χ1v) is 11.4. The average molecular weight is 415 g/mol. The average Bonchev–Trinajstić information content (AvgIpc) is 3.07. The van der Waals surface area contributed by atoms with Gasteiger partial charge in [0.25, 0.3) is 0 Å². The van der Waals surface area contributed by atoms with Crippen LogP contribution in [0.3, 0.4) is 0 Å². The molecule has 2 aromatic rings. The zero-order chi connectivity index (χ0) is 20.5. The Morgan fingerprint density at radius 1 is 1.10 bits per heavy atom. The molecule has 7 heteroatoms. The minimum atomic E-state index is 0.635.